The molecule has 33 heavy (non-hydrogen) atoms. The zero-order valence-electron chi connectivity index (χ0n) is 19.3. The topological polar surface area (TPSA) is 70.4 Å². The number of aromatic nitrogens is 2. The summed E-state index contributed by atoms with van der Waals surface area (Å²) >= 11 is 7.28. The monoisotopic (exact) mass is 488 g/mol. The Labute approximate surface area is 202 Å². The summed E-state index contributed by atoms with van der Waals surface area (Å²) in [4.78, 5) is 26.4. The second kappa shape index (κ2) is 9.85. The van der Waals surface area contributed by atoms with Crippen molar-refractivity contribution in [3.05, 3.63) is 45.9 Å². The number of aryl methyl sites for hydroxylation is 1. The van der Waals surface area contributed by atoms with Crippen LogP contribution in [0.25, 0.3) is 15.9 Å². The van der Waals surface area contributed by atoms with Gasteiger partial charge in [0.25, 0.3) is 0 Å². The molecule has 8 heteroatoms. The van der Waals surface area contributed by atoms with Gasteiger partial charge in [0.1, 0.15) is 15.8 Å². The number of fused-ring (bicyclic) bond motifs is 1. The molecule has 0 N–H and O–H groups in total. The fourth-order valence-electron chi connectivity index (χ4n) is 4.55. The Morgan fingerprint density at radius 1 is 1.24 bits per heavy atom. The van der Waals surface area contributed by atoms with Gasteiger partial charge in [-0.25, -0.2) is 14.3 Å². The van der Waals surface area contributed by atoms with Crippen LogP contribution in [0.15, 0.2) is 30.3 Å². The number of nitrogens with zero attached hydrogens (tertiary/aromatic N) is 2. The van der Waals surface area contributed by atoms with Gasteiger partial charge in [-0.3, -0.25) is 0 Å². The molecule has 1 saturated carbocycles. The minimum atomic E-state index is -0.535. The van der Waals surface area contributed by atoms with Crippen LogP contribution in [0.3, 0.4) is 0 Å². The highest BCUT2D eigenvalue weighted by atomic mass is 35.5. The summed E-state index contributed by atoms with van der Waals surface area (Å²) in [5.41, 5.74) is 1.66. The third kappa shape index (κ3) is 5.25. The van der Waals surface area contributed by atoms with Crippen molar-refractivity contribution in [3.63, 3.8) is 0 Å². The lowest BCUT2D eigenvalue weighted by molar-refractivity contribution is -0.159. The van der Waals surface area contributed by atoms with Crippen molar-refractivity contribution in [1.29, 1.82) is 0 Å². The van der Waals surface area contributed by atoms with Crippen molar-refractivity contribution in [2.24, 2.45) is 17.8 Å². The second-order valence-electron chi connectivity index (χ2n) is 9.23. The Bertz CT molecular complexity index is 1150. The molecular formula is C25H29ClN2O4S. The minimum absolute atomic E-state index is 0.114. The minimum Gasteiger partial charge on any atom is -0.460 e. The number of benzene rings is 1. The molecule has 0 spiro atoms. The van der Waals surface area contributed by atoms with Crippen LogP contribution in [-0.4, -0.2) is 34.4 Å². The van der Waals surface area contributed by atoms with Crippen molar-refractivity contribution in [3.8, 4) is 5.69 Å². The van der Waals surface area contributed by atoms with E-state index in [1.165, 1.54) is 11.3 Å². The largest absolute Gasteiger partial charge is 0.460 e. The van der Waals surface area contributed by atoms with E-state index in [1.807, 2.05) is 19.1 Å². The third-order valence-electron chi connectivity index (χ3n) is 6.38. The number of thiophene rings is 1. The van der Waals surface area contributed by atoms with E-state index in [-0.39, 0.29) is 12.7 Å². The van der Waals surface area contributed by atoms with E-state index in [4.69, 9.17) is 21.1 Å². The van der Waals surface area contributed by atoms with Gasteiger partial charge in [0, 0.05) is 10.4 Å². The first kappa shape index (κ1) is 23.8. The number of hydrogen-bond acceptors (Lipinski definition) is 6. The number of carbonyl (C=O) groups excluding carboxylic acids is 2. The average Bonchev–Trinajstić information content (AvgIpc) is 3.33. The van der Waals surface area contributed by atoms with Crippen LogP contribution in [0.1, 0.15) is 55.4 Å². The van der Waals surface area contributed by atoms with Gasteiger partial charge in [0.15, 0.2) is 6.61 Å². The van der Waals surface area contributed by atoms with Gasteiger partial charge >= 0.3 is 11.9 Å². The number of ether oxygens (including phenoxy) is 2. The lowest BCUT2D eigenvalue weighted by Gasteiger charge is -2.36. The van der Waals surface area contributed by atoms with Gasteiger partial charge in [0.2, 0.25) is 0 Å². The van der Waals surface area contributed by atoms with Gasteiger partial charge in [-0.2, -0.15) is 5.10 Å². The molecule has 0 bridgehead atoms. The molecule has 1 fully saturated rings. The molecule has 1 aliphatic carbocycles. The molecular weight excluding hydrogens is 460 g/mol. The summed E-state index contributed by atoms with van der Waals surface area (Å²) in [6.07, 6.45) is 2.96. The van der Waals surface area contributed by atoms with Gasteiger partial charge in [-0.15, -0.1) is 11.3 Å². The van der Waals surface area contributed by atoms with Crippen LogP contribution in [0, 0.1) is 24.7 Å². The molecule has 0 radical (unpaired) electrons. The van der Waals surface area contributed by atoms with Crippen LogP contribution >= 0.6 is 22.9 Å². The molecule has 6 nitrogen and oxygen atoms in total. The molecule has 2 aromatic heterocycles. The first-order valence-electron chi connectivity index (χ1n) is 11.3. The van der Waals surface area contributed by atoms with E-state index in [2.05, 4.69) is 25.9 Å². The summed E-state index contributed by atoms with van der Waals surface area (Å²) in [7, 11) is 0. The van der Waals surface area contributed by atoms with Crippen molar-refractivity contribution in [1.82, 2.24) is 9.78 Å². The number of carbonyl (C=O) groups is 2. The smallest absolute Gasteiger partial charge is 0.348 e. The molecule has 0 amide bonds. The van der Waals surface area contributed by atoms with Gasteiger partial charge in [0.05, 0.1) is 11.4 Å². The summed E-state index contributed by atoms with van der Waals surface area (Å²) in [6, 6.07) is 9.10. The van der Waals surface area contributed by atoms with Gasteiger partial charge in [-0.1, -0.05) is 38.8 Å². The molecule has 176 valence electrons. The first-order valence-corrected chi connectivity index (χ1v) is 12.5. The quantitative estimate of drug-likeness (QED) is 0.386. The predicted octanol–water partition coefficient (Wildman–Crippen LogP) is 6.21. The Kier molecular flexibility index (Phi) is 7.10. The highest BCUT2D eigenvalue weighted by Crippen LogP contribution is 2.35. The Balaban J connectivity index is 1.42. The number of halogens is 1. The Morgan fingerprint density at radius 2 is 1.97 bits per heavy atom. The van der Waals surface area contributed by atoms with Crippen molar-refractivity contribution < 1.29 is 19.1 Å². The van der Waals surface area contributed by atoms with Crippen LogP contribution in [0.2, 0.25) is 5.02 Å². The molecule has 1 aliphatic rings. The van der Waals surface area contributed by atoms with Crippen LogP contribution in [0.4, 0.5) is 0 Å². The summed E-state index contributed by atoms with van der Waals surface area (Å²) in [6.45, 7) is 8.02. The number of esters is 2. The second-order valence-corrected chi connectivity index (χ2v) is 10.7. The maximum absolute atomic E-state index is 12.7. The van der Waals surface area contributed by atoms with Crippen molar-refractivity contribution >= 4 is 45.1 Å². The zero-order valence-corrected chi connectivity index (χ0v) is 20.9. The molecule has 3 aromatic rings. The number of rotatable bonds is 6. The first-order chi connectivity index (χ1) is 15.7. The molecule has 0 unspecified atom stereocenters. The van der Waals surface area contributed by atoms with E-state index in [9.17, 15) is 9.59 Å². The summed E-state index contributed by atoms with van der Waals surface area (Å²) in [5, 5.41) is 6.09. The fourth-order valence-corrected chi connectivity index (χ4v) is 5.76. The molecule has 1 aromatic carbocycles. The third-order valence-corrected chi connectivity index (χ3v) is 7.72. The normalized spacial score (nSPS) is 20.8. The zero-order chi connectivity index (χ0) is 23.7. The van der Waals surface area contributed by atoms with Gasteiger partial charge in [-0.05, 0) is 67.9 Å². The average molecular weight is 489 g/mol. The summed E-state index contributed by atoms with van der Waals surface area (Å²) in [5.74, 6) is 0.301. The van der Waals surface area contributed by atoms with E-state index in [1.54, 1.807) is 22.9 Å². The van der Waals surface area contributed by atoms with Crippen LogP contribution in [-0.2, 0) is 14.3 Å². The van der Waals surface area contributed by atoms with Crippen molar-refractivity contribution in [2.75, 3.05) is 6.61 Å². The fraction of sp³-hybridized carbons (Fsp3) is 0.480. The molecule has 0 aliphatic heterocycles. The van der Waals surface area contributed by atoms with E-state index < -0.39 is 11.9 Å². The van der Waals surface area contributed by atoms with Crippen LogP contribution < -0.4 is 0 Å². The lowest BCUT2D eigenvalue weighted by atomic mass is 9.75. The highest BCUT2D eigenvalue weighted by molar-refractivity contribution is 7.20. The SMILES string of the molecule is Cc1nn(-c2ccc(Cl)cc2)c2sc(C(=O)OCC(=O)O[C@H]3C[C@@H](C)CC[C@@H]3C(C)C)cc12. The van der Waals surface area contributed by atoms with Crippen molar-refractivity contribution in [2.45, 2.75) is 53.1 Å². The molecule has 2 heterocycles. The maximum Gasteiger partial charge on any atom is 0.348 e. The van der Waals surface area contributed by atoms with E-state index in [0.29, 0.717) is 27.7 Å². The molecule has 4 rings (SSSR count). The maximum atomic E-state index is 12.7. The number of hydrogen-bond donors (Lipinski definition) is 0. The Hall–Kier alpha value is -2.38. The van der Waals surface area contributed by atoms with E-state index in [0.717, 1.165) is 40.9 Å². The molecule has 0 saturated heterocycles. The molecule has 3 atom stereocenters. The standard InChI is InChI=1S/C25H29ClN2O4S/c1-14(2)19-10-5-15(3)11-21(19)32-23(29)13-31-25(30)22-12-20-16(4)27-28(24(20)33-22)18-8-6-17(26)7-9-18/h6-9,12,14-15,19,21H,5,10-11,13H2,1-4H3/t15-,19+,21-/m0/s1. The predicted molar refractivity (Wildman–Crippen MR) is 130 cm³/mol. The Morgan fingerprint density at radius 3 is 2.67 bits per heavy atom. The highest BCUT2D eigenvalue weighted by Gasteiger charge is 2.33. The lowest BCUT2D eigenvalue weighted by Crippen LogP contribution is -2.36. The summed E-state index contributed by atoms with van der Waals surface area (Å²) < 4.78 is 12.8. The van der Waals surface area contributed by atoms with Gasteiger partial charge < -0.3 is 9.47 Å². The van der Waals surface area contributed by atoms with E-state index >= 15 is 0 Å². The van der Waals surface area contributed by atoms with Crippen LogP contribution in [0.5, 0.6) is 0 Å².